The number of aryl methyl sites for hydroxylation is 1. The van der Waals surface area contributed by atoms with Crippen molar-refractivity contribution < 1.29 is 4.79 Å². The molecule has 4 atom stereocenters. The van der Waals surface area contributed by atoms with E-state index in [4.69, 9.17) is 4.98 Å². The largest absolute Gasteiger partial charge is 0.341 e. The number of imidazole rings is 2. The molecule has 2 aliphatic heterocycles. The molecule has 5 heterocycles. The molecule has 0 aliphatic carbocycles. The lowest BCUT2D eigenvalue weighted by molar-refractivity contribution is -0.116. The maximum atomic E-state index is 12.3. The zero-order chi connectivity index (χ0) is 25.5. The van der Waals surface area contributed by atoms with Crippen LogP contribution < -0.4 is 21.5 Å². The molecule has 1 aromatic carbocycles. The van der Waals surface area contributed by atoms with Crippen LogP contribution in [0.4, 0.5) is 5.69 Å². The summed E-state index contributed by atoms with van der Waals surface area (Å²) in [6.45, 7) is 6.89. The van der Waals surface area contributed by atoms with Crippen molar-refractivity contribution in [3.8, 4) is 5.69 Å². The quantitative estimate of drug-likeness (QED) is 0.276. The van der Waals surface area contributed by atoms with Gasteiger partial charge in [0.25, 0.3) is 0 Å². The maximum Gasteiger partial charge on any atom is 0.224 e. The van der Waals surface area contributed by atoms with E-state index < -0.39 is 0 Å². The monoisotopic (exact) mass is 499 g/mol. The van der Waals surface area contributed by atoms with E-state index in [1.807, 2.05) is 56.2 Å². The van der Waals surface area contributed by atoms with Crippen molar-refractivity contribution >= 4 is 22.6 Å². The molecule has 3 aromatic heterocycles. The van der Waals surface area contributed by atoms with Crippen molar-refractivity contribution in [3.63, 3.8) is 0 Å². The number of para-hydroxylation sites is 1. The predicted octanol–water partition coefficient (Wildman–Crippen LogP) is 3.30. The number of aromatic nitrogens is 5. The van der Waals surface area contributed by atoms with Crippen LogP contribution in [-0.4, -0.2) is 43.0 Å². The van der Waals surface area contributed by atoms with E-state index in [9.17, 15) is 4.79 Å². The zero-order valence-corrected chi connectivity index (χ0v) is 21.3. The minimum atomic E-state index is 0.0185. The lowest BCUT2D eigenvalue weighted by Gasteiger charge is -2.34. The first-order valence-electron chi connectivity index (χ1n) is 12.9. The number of benzene rings is 1. The molecule has 4 aromatic rings. The Morgan fingerprint density at radius 2 is 2.14 bits per heavy atom. The number of carbonyl (C=O) groups is 1. The maximum absolute atomic E-state index is 12.3. The van der Waals surface area contributed by atoms with Gasteiger partial charge in [0.15, 0.2) is 0 Å². The Kier molecular flexibility index (Phi) is 6.23. The second kappa shape index (κ2) is 9.70. The first kappa shape index (κ1) is 23.8. The average molecular weight is 500 g/mol. The van der Waals surface area contributed by atoms with Gasteiger partial charge in [-0.1, -0.05) is 19.9 Å². The third kappa shape index (κ3) is 4.75. The molecular weight excluding hydrogens is 466 g/mol. The Morgan fingerprint density at radius 3 is 2.95 bits per heavy atom. The number of carbonyl (C=O) groups excluding carboxylic acids is 1. The Hall–Kier alpha value is -3.60. The highest BCUT2D eigenvalue weighted by atomic mass is 16.1. The van der Waals surface area contributed by atoms with Crippen molar-refractivity contribution in [1.82, 2.24) is 40.7 Å². The van der Waals surface area contributed by atoms with Crippen LogP contribution in [-0.2, 0) is 4.79 Å². The fourth-order valence-corrected chi connectivity index (χ4v) is 5.54. The van der Waals surface area contributed by atoms with Gasteiger partial charge in [0.05, 0.1) is 41.2 Å². The van der Waals surface area contributed by atoms with Gasteiger partial charge in [-0.15, -0.1) is 0 Å². The van der Waals surface area contributed by atoms with Crippen LogP contribution in [0, 0.1) is 18.8 Å². The fourth-order valence-electron chi connectivity index (χ4n) is 5.54. The number of H-pyrrole nitrogens is 1. The molecule has 5 N–H and O–H groups in total. The number of aromatic amines is 1. The van der Waals surface area contributed by atoms with Crippen molar-refractivity contribution in [1.29, 1.82) is 0 Å². The molecule has 10 heteroatoms. The first-order valence-corrected chi connectivity index (χ1v) is 12.9. The Balaban J connectivity index is 1.23. The number of nitrogens with zero attached hydrogens (tertiary/aromatic N) is 4. The van der Waals surface area contributed by atoms with Gasteiger partial charge >= 0.3 is 0 Å². The normalized spacial score (nSPS) is 23.5. The molecule has 0 bridgehead atoms. The van der Waals surface area contributed by atoms with Crippen LogP contribution in [0.15, 0.2) is 49.2 Å². The van der Waals surface area contributed by atoms with Crippen molar-refractivity contribution in [2.24, 2.45) is 11.8 Å². The third-order valence-electron chi connectivity index (χ3n) is 7.29. The summed E-state index contributed by atoms with van der Waals surface area (Å²) in [4.78, 5) is 29.7. The van der Waals surface area contributed by atoms with Gasteiger partial charge in [0, 0.05) is 43.4 Å². The molecular formula is C27H33N9O. The SMILES string of the molecule is Cc1cn(-c2cccc3[nH]c(C4NNC5CNC(c6cncc(NC(=O)CC(C)C)c6)CC54)nc23)cn1. The van der Waals surface area contributed by atoms with E-state index in [0.717, 1.165) is 52.5 Å². The number of pyridine rings is 1. The van der Waals surface area contributed by atoms with Crippen molar-refractivity contribution in [2.75, 3.05) is 11.9 Å². The summed E-state index contributed by atoms with van der Waals surface area (Å²) in [5.41, 5.74) is 12.7. The van der Waals surface area contributed by atoms with Crippen molar-refractivity contribution in [3.05, 3.63) is 66.3 Å². The summed E-state index contributed by atoms with van der Waals surface area (Å²) < 4.78 is 2.02. The molecule has 4 unspecified atom stereocenters. The van der Waals surface area contributed by atoms with Gasteiger partial charge in [-0.25, -0.2) is 15.4 Å². The number of nitrogens with one attached hydrogen (secondary N) is 5. The fraction of sp³-hybridized carbons (Fsp3) is 0.407. The predicted molar refractivity (Wildman–Crippen MR) is 142 cm³/mol. The van der Waals surface area contributed by atoms with E-state index in [1.54, 1.807) is 6.20 Å². The summed E-state index contributed by atoms with van der Waals surface area (Å²) in [7, 11) is 0. The van der Waals surface area contributed by atoms with E-state index in [0.29, 0.717) is 18.3 Å². The standard InChI is InChI=1S/C27H33N9O/c1-15(2)7-24(37)31-18-8-17(10-28-11-18)21-9-19-22(12-29-21)34-35-25(19)27-32-20-5-4-6-23(26(20)33-27)36-13-16(3)30-14-36/h4-6,8,10-11,13-15,19,21-22,25,29,34-35H,7,9,12H2,1-3H3,(H,31,37)(H,32,33). The van der Waals surface area contributed by atoms with Gasteiger partial charge < -0.3 is 20.2 Å². The Labute approximate surface area is 215 Å². The summed E-state index contributed by atoms with van der Waals surface area (Å²) in [6.07, 6.45) is 8.84. The minimum absolute atomic E-state index is 0.0185. The molecule has 1 amide bonds. The van der Waals surface area contributed by atoms with Gasteiger partial charge in [-0.3, -0.25) is 15.2 Å². The smallest absolute Gasteiger partial charge is 0.224 e. The third-order valence-corrected chi connectivity index (χ3v) is 7.29. The highest BCUT2D eigenvalue weighted by Crippen LogP contribution is 2.38. The molecule has 2 aliphatic rings. The van der Waals surface area contributed by atoms with Crippen LogP contribution in [0.1, 0.15) is 55.9 Å². The van der Waals surface area contributed by atoms with Crippen LogP contribution in [0.2, 0.25) is 0 Å². The number of anilines is 1. The van der Waals surface area contributed by atoms with Gasteiger partial charge in [-0.2, -0.15) is 0 Å². The highest BCUT2D eigenvalue weighted by molar-refractivity contribution is 5.90. The molecule has 0 saturated carbocycles. The average Bonchev–Trinajstić information content (AvgIpc) is 3.60. The highest BCUT2D eigenvalue weighted by Gasteiger charge is 2.42. The van der Waals surface area contributed by atoms with E-state index in [-0.39, 0.29) is 24.0 Å². The molecule has 2 fully saturated rings. The number of hydrazine groups is 1. The number of amides is 1. The summed E-state index contributed by atoms with van der Waals surface area (Å²) in [5.74, 6) is 1.58. The number of piperidine rings is 1. The Bertz CT molecular complexity index is 1420. The number of hydrogen-bond acceptors (Lipinski definition) is 7. The van der Waals surface area contributed by atoms with Gasteiger partial charge in [0.1, 0.15) is 11.3 Å². The molecule has 0 spiro atoms. The zero-order valence-electron chi connectivity index (χ0n) is 21.3. The minimum Gasteiger partial charge on any atom is -0.341 e. The van der Waals surface area contributed by atoms with Gasteiger partial charge in [0.2, 0.25) is 5.91 Å². The van der Waals surface area contributed by atoms with E-state index >= 15 is 0 Å². The molecule has 6 rings (SSSR count). The van der Waals surface area contributed by atoms with Gasteiger partial charge in [-0.05, 0) is 43.0 Å². The second-order valence-corrected chi connectivity index (χ2v) is 10.6. The lowest BCUT2D eigenvalue weighted by Crippen LogP contribution is -2.46. The number of hydrogen-bond donors (Lipinski definition) is 5. The van der Waals surface area contributed by atoms with Crippen LogP contribution in [0.3, 0.4) is 0 Å². The van der Waals surface area contributed by atoms with Crippen LogP contribution >= 0.6 is 0 Å². The first-order chi connectivity index (χ1) is 17.9. The lowest BCUT2D eigenvalue weighted by atomic mass is 9.82. The Morgan fingerprint density at radius 1 is 1.24 bits per heavy atom. The summed E-state index contributed by atoms with van der Waals surface area (Å²) in [5, 5.41) is 6.65. The van der Waals surface area contributed by atoms with E-state index in [2.05, 4.69) is 48.6 Å². The summed E-state index contributed by atoms with van der Waals surface area (Å²) in [6, 6.07) is 8.67. The molecule has 10 nitrogen and oxygen atoms in total. The summed E-state index contributed by atoms with van der Waals surface area (Å²) >= 11 is 0. The molecule has 0 radical (unpaired) electrons. The second-order valence-electron chi connectivity index (χ2n) is 10.6. The number of rotatable bonds is 6. The van der Waals surface area contributed by atoms with Crippen molar-refractivity contribution in [2.45, 2.75) is 51.7 Å². The molecule has 192 valence electrons. The van der Waals surface area contributed by atoms with E-state index in [1.165, 1.54) is 0 Å². The molecule has 2 saturated heterocycles. The molecule has 37 heavy (non-hydrogen) atoms. The van der Waals surface area contributed by atoms with Crippen LogP contribution in [0.5, 0.6) is 0 Å². The number of fused-ring (bicyclic) bond motifs is 2. The van der Waals surface area contributed by atoms with Crippen LogP contribution in [0.25, 0.3) is 16.7 Å². The topological polar surface area (TPSA) is 125 Å².